The Hall–Kier alpha value is -1.15. The molecule has 1 N–H and O–H groups in total. The van der Waals surface area contributed by atoms with Crippen molar-refractivity contribution in [3.63, 3.8) is 0 Å². The highest BCUT2D eigenvalue weighted by atomic mass is 35.5. The predicted molar refractivity (Wildman–Crippen MR) is 109 cm³/mol. The lowest BCUT2D eigenvalue weighted by molar-refractivity contribution is -0.128. The summed E-state index contributed by atoms with van der Waals surface area (Å²) in [5.41, 5.74) is 2.20. The molecule has 0 bridgehead atoms. The van der Waals surface area contributed by atoms with Gasteiger partial charge in [-0.2, -0.15) is 4.31 Å². The molecule has 27 heavy (non-hydrogen) atoms. The van der Waals surface area contributed by atoms with Gasteiger partial charge in [-0.1, -0.05) is 13.0 Å². The molecule has 0 aromatic heterocycles. The van der Waals surface area contributed by atoms with Gasteiger partial charge in [0.15, 0.2) is 0 Å². The van der Waals surface area contributed by atoms with Crippen molar-refractivity contribution in [1.82, 2.24) is 14.5 Å². The number of fused-ring (bicyclic) bond motifs is 1. The lowest BCUT2D eigenvalue weighted by Crippen LogP contribution is -2.42. The van der Waals surface area contributed by atoms with Crippen molar-refractivity contribution in [3.05, 3.63) is 29.3 Å². The first-order valence-electron chi connectivity index (χ1n) is 9.53. The van der Waals surface area contributed by atoms with Crippen molar-refractivity contribution in [2.24, 2.45) is 0 Å². The number of nitrogens with zero attached hydrogens (tertiary/aromatic N) is 2. The molecular formula is C19H30ClN3O3S. The van der Waals surface area contributed by atoms with Gasteiger partial charge in [0.05, 0.1) is 4.90 Å². The van der Waals surface area contributed by atoms with Gasteiger partial charge in [0, 0.05) is 39.1 Å². The highest BCUT2D eigenvalue weighted by Crippen LogP contribution is 2.25. The topological polar surface area (TPSA) is 69.7 Å². The molecule has 1 aromatic rings. The molecule has 1 aromatic carbocycles. The van der Waals surface area contributed by atoms with Gasteiger partial charge in [-0.25, -0.2) is 8.42 Å². The summed E-state index contributed by atoms with van der Waals surface area (Å²) in [6.45, 7) is 7.08. The Kier molecular flexibility index (Phi) is 7.68. The lowest BCUT2D eigenvalue weighted by atomic mass is 10.0. The Morgan fingerprint density at radius 2 is 1.96 bits per heavy atom. The van der Waals surface area contributed by atoms with Crippen LogP contribution in [0.4, 0.5) is 0 Å². The summed E-state index contributed by atoms with van der Waals surface area (Å²) in [6, 6.07) is 5.54. The molecule has 1 atom stereocenters. The van der Waals surface area contributed by atoms with Crippen molar-refractivity contribution >= 4 is 28.3 Å². The van der Waals surface area contributed by atoms with Gasteiger partial charge in [-0.15, -0.1) is 12.4 Å². The molecular weight excluding hydrogens is 386 g/mol. The van der Waals surface area contributed by atoms with Gasteiger partial charge in [0.1, 0.15) is 0 Å². The zero-order chi connectivity index (χ0) is 18.7. The van der Waals surface area contributed by atoms with E-state index in [2.05, 4.69) is 5.32 Å². The van der Waals surface area contributed by atoms with E-state index in [-0.39, 0.29) is 24.4 Å². The molecule has 8 heteroatoms. The van der Waals surface area contributed by atoms with E-state index in [9.17, 15) is 13.2 Å². The normalized spacial score (nSPS) is 20.1. The second-order valence-electron chi connectivity index (χ2n) is 7.20. The first-order valence-corrected chi connectivity index (χ1v) is 11.0. The number of halogens is 1. The quantitative estimate of drug-likeness (QED) is 0.796. The maximum atomic E-state index is 13.3. The van der Waals surface area contributed by atoms with Crippen LogP contribution in [0.1, 0.15) is 37.8 Å². The molecule has 1 saturated heterocycles. The van der Waals surface area contributed by atoms with Crippen LogP contribution in [0.2, 0.25) is 0 Å². The second kappa shape index (κ2) is 9.37. The summed E-state index contributed by atoms with van der Waals surface area (Å²) in [4.78, 5) is 13.9. The molecule has 2 aliphatic heterocycles. The third kappa shape index (κ3) is 4.83. The summed E-state index contributed by atoms with van der Waals surface area (Å²) in [6.07, 6.45) is 3.14. The average molecular weight is 416 g/mol. The minimum atomic E-state index is -3.51. The summed E-state index contributed by atoms with van der Waals surface area (Å²) in [5, 5.41) is 3.26. The molecule has 0 aliphatic carbocycles. The lowest BCUT2D eigenvalue weighted by Gasteiger charge is -2.27. The van der Waals surface area contributed by atoms with E-state index < -0.39 is 10.0 Å². The molecule has 2 heterocycles. The Labute approximate surface area is 168 Å². The maximum absolute atomic E-state index is 13.3. The van der Waals surface area contributed by atoms with Crippen molar-refractivity contribution in [2.75, 3.05) is 32.7 Å². The van der Waals surface area contributed by atoms with E-state index in [1.165, 1.54) is 0 Å². The van der Waals surface area contributed by atoms with Crippen molar-refractivity contribution in [2.45, 2.75) is 50.5 Å². The van der Waals surface area contributed by atoms with Gasteiger partial charge in [-0.05, 0) is 55.5 Å². The van der Waals surface area contributed by atoms with Crippen LogP contribution in [0.25, 0.3) is 0 Å². The molecule has 6 nitrogen and oxygen atoms in total. The summed E-state index contributed by atoms with van der Waals surface area (Å²) < 4.78 is 28.2. The molecule has 2 aliphatic rings. The van der Waals surface area contributed by atoms with Gasteiger partial charge >= 0.3 is 0 Å². The third-order valence-electron chi connectivity index (χ3n) is 5.42. The van der Waals surface area contributed by atoms with E-state index >= 15 is 0 Å². The molecule has 152 valence electrons. The summed E-state index contributed by atoms with van der Waals surface area (Å²) in [5.74, 6) is 0.0773. The van der Waals surface area contributed by atoms with Crippen LogP contribution in [0, 0.1) is 0 Å². The second-order valence-corrected chi connectivity index (χ2v) is 9.09. The number of carbonyl (C=O) groups excluding carboxylic acids is 1. The maximum Gasteiger partial charge on any atom is 0.243 e. The smallest absolute Gasteiger partial charge is 0.243 e. The van der Waals surface area contributed by atoms with Gasteiger partial charge in [0.25, 0.3) is 0 Å². The third-order valence-corrected chi connectivity index (χ3v) is 7.37. The summed E-state index contributed by atoms with van der Waals surface area (Å²) in [7, 11) is -3.51. The molecule has 1 unspecified atom stereocenters. The van der Waals surface area contributed by atoms with Crippen LogP contribution >= 0.6 is 12.4 Å². The number of hydrogen-bond acceptors (Lipinski definition) is 4. The largest absolute Gasteiger partial charge is 0.342 e. The number of sulfonamides is 1. The van der Waals surface area contributed by atoms with E-state index in [1.807, 2.05) is 24.0 Å². The highest BCUT2D eigenvalue weighted by Gasteiger charge is 2.33. The molecule has 1 amide bonds. The first-order chi connectivity index (χ1) is 12.4. The standard InChI is InChI=1S/C19H29N3O3S.ClH/c1-3-10-22(18-6-9-20-14-18)26(24,25)19-5-4-16-7-11-21(15(2)23)12-8-17(16)13-19;/h4-5,13,18,20H,3,6-12,14H2,1-2H3;1H. The van der Waals surface area contributed by atoms with E-state index in [1.54, 1.807) is 17.3 Å². The Morgan fingerprint density at radius 3 is 2.56 bits per heavy atom. The first kappa shape index (κ1) is 22.1. The monoisotopic (exact) mass is 415 g/mol. The van der Waals surface area contributed by atoms with Crippen LogP contribution in [0.3, 0.4) is 0 Å². The average Bonchev–Trinajstić information content (AvgIpc) is 3.04. The number of rotatable bonds is 5. The Morgan fingerprint density at radius 1 is 1.26 bits per heavy atom. The predicted octanol–water partition coefficient (Wildman–Crippen LogP) is 1.82. The van der Waals surface area contributed by atoms with Gasteiger partial charge < -0.3 is 10.2 Å². The number of hydrogen-bond donors (Lipinski definition) is 1. The minimum absolute atomic E-state index is 0. The van der Waals surface area contributed by atoms with Gasteiger partial charge in [-0.3, -0.25) is 4.79 Å². The van der Waals surface area contributed by atoms with E-state index in [0.29, 0.717) is 31.0 Å². The van der Waals surface area contributed by atoms with Gasteiger partial charge in [0.2, 0.25) is 15.9 Å². The van der Waals surface area contributed by atoms with Crippen molar-refractivity contribution < 1.29 is 13.2 Å². The SMILES string of the molecule is CCCN(C1CCNC1)S(=O)(=O)c1ccc2c(c1)CCN(C(C)=O)CC2.Cl. The van der Waals surface area contributed by atoms with Crippen LogP contribution in [-0.2, 0) is 27.7 Å². The zero-order valence-electron chi connectivity index (χ0n) is 16.1. The highest BCUT2D eigenvalue weighted by molar-refractivity contribution is 7.89. The number of nitrogens with one attached hydrogen (secondary N) is 1. The molecule has 0 spiro atoms. The molecule has 0 radical (unpaired) electrons. The summed E-state index contributed by atoms with van der Waals surface area (Å²) >= 11 is 0. The van der Waals surface area contributed by atoms with E-state index in [4.69, 9.17) is 0 Å². The molecule has 1 fully saturated rings. The molecule has 0 saturated carbocycles. The van der Waals surface area contributed by atoms with Crippen LogP contribution in [0.5, 0.6) is 0 Å². The number of amides is 1. The molecule has 3 rings (SSSR count). The van der Waals surface area contributed by atoms with Crippen molar-refractivity contribution in [3.8, 4) is 0 Å². The number of carbonyl (C=O) groups is 1. The van der Waals surface area contributed by atoms with E-state index in [0.717, 1.165) is 43.5 Å². The van der Waals surface area contributed by atoms with Crippen molar-refractivity contribution in [1.29, 1.82) is 0 Å². The minimum Gasteiger partial charge on any atom is -0.342 e. The Bertz CT molecular complexity index is 763. The number of benzene rings is 1. The fourth-order valence-corrected chi connectivity index (χ4v) is 5.71. The fraction of sp³-hybridized carbons (Fsp3) is 0.632. The van der Waals surface area contributed by atoms with Crippen LogP contribution < -0.4 is 5.32 Å². The Balaban J connectivity index is 0.00000261. The van der Waals surface area contributed by atoms with Crippen LogP contribution in [-0.4, -0.2) is 62.3 Å². The van der Waals surface area contributed by atoms with Crippen LogP contribution in [0.15, 0.2) is 23.1 Å². The fourth-order valence-electron chi connectivity index (χ4n) is 3.92. The zero-order valence-corrected chi connectivity index (χ0v) is 17.7.